The van der Waals surface area contributed by atoms with Crippen LogP contribution in [0.25, 0.3) is 11.1 Å². The number of hydrogen-bond acceptors (Lipinski definition) is 4. The molecule has 0 aromatic heterocycles. The zero-order chi connectivity index (χ0) is 22.7. The molecule has 2 nitrogen and oxygen atoms in total. The van der Waals surface area contributed by atoms with Gasteiger partial charge in [0.05, 0.1) is 21.2 Å². The van der Waals surface area contributed by atoms with Crippen molar-refractivity contribution in [1.29, 1.82) is 0 Å². The van der Waals surface area contributed by atoms with Crippen LogP contribution < -0.4 is 8.61 Å². The highest BCUT2D eigenvalue weighted by Gasteiger charge is 2.32. The van der Waals surface area contributed by atoms with Crippen molar-refractivity contribution >= 4 is 46.4 Å². The van der Waals surface area contributed by atoms with Crippen LogP contribution in [-0.2, 0) is 0 Å². The molecular formula is C30H22N2S2. The molecule has 4 heteroatoms. The highest BCUT2D eigenvalue weighted by Crippen LogP contribution is 2.54. The minimum absolute atomic E-state index is 1.17. The number of para-hydroxylation sites is 2. The van der Waals surface area contributed by atoms with E-state index in [1.54, 1.807) is 23.9 Å². The summed E-state index contributed by atoms with van der Waals surface area (Å²) in [7, 11) is 0. The van der Waals surface area contributed by atoms with Crippen molar-refractivity contribution in [3.8, 4) is 0 Å². The van der Waals surface area contributed by atoms with Crippen LogP contribution >= 0.6 is 23.9 Å². The molecule has 0 aliphatic carbocycles. The molecule has 2 aliphatic rings. The maximum atomic E-state index is 2.28. The Bertz CT molecular complexity index is 1270. The predicted molar refractivity (Wildman–Crippen MR) is 149 cm³/mol. The van der Waals surface area contributed by atoms with E-state index in [0.717, 1.165) is 0 Å². The Morgan fingerprint density at radius 3 is 1.06 bits per heavy atom. The van der Waals surface area contributed by atoms with Crippen molar-refractivity contribution in [2.45, 2.75) is 0 Å². The van der Waals surface area contributed by atoms with Gasteiger partial charge in [-0.15, -0.1) is 0 Å². The van der Waals surface area contributed by atoms with E-state index in [1.807, 2.05) is 0 Å². The molecule has 6 rings (SSSR count). The van der Waals surface area contributed by atoms with Gasteiger partial charge < -0.3 is 0 Å². The van der Waals surface area contributed by atoms with Gasteiger partial charge in [-0.25, -0.2) is 0 Å². The average molecular weight is 475 g/mol. The fourth-order valence-electron chi connectivity index (χ4n) is 4.08. The van der Waals surface area contributed by atoms with Gasteiger partial charge in [0.2, 0.25) is 0 Å². The maximum absolute atomic E-state index is 2.28. The van der Waals surface area contributed by atoms with Crippen LogP contribution in [0, 0.1) is 0 Å². The highest BCUT2D eigenvalue weighted by molar-refractivity contribution is 8.09. The second-order valence-electron chi connectivity index (χ2n) is 7.98. The summed E-state index contributed by atoms with van der Waals surface area (Å²) in [5.74, 6) is 0. The molecule has 0 bridgehead atoms. The third-order valence-corrected chi connectivity index (χ3v) is 8.13. The topological polar surface area (TPSA) is 6.48 Å². The van der Waals surface area contributed by atoms with Gasteiger partial charge in [0.15, 0.2) is 0 Å². The molecule has 0 saturated heterocycles. The van der Waals surface area contributed by atoms with Gasteiger partial charge in [-0.05, 0) is 59.3 Å². The lowest BCUT2D eigenvalue weighted by atomic mass is 10.0. The summed E-state index contributed by atoms with van der Waals surface area (Å²) in [5.41, 5.74) is 7.28. The van der Waals surface area contributed by atoms with E-state index in [4.69, 9.17) is 0 Å². The Hall–Kier alpha value is -3.60. The first-order valence-corrected chi connectivity index (χ1v) is 12.8. The first-order chi connectivity index (χ1) is 16.9. The van der Waals surface area contributed by atoms with Crippen LogP contribution in [0.15, 0.2) is 144 Å². The largest absolute Gasteiger partial charge is 0.287 e. The summed E-state index contributed by atoms with van der Waals surface area (Å²) in [4.78, 5) is 2.54. The SMILES string of the molecule is C1=C(c2ccccc2)/C(=C2\SN(c3ccccc3)C=C2c2ccccc2)SN1c1ccccc1. The summed E-state index contributed by atoms with van der Waals surface area (Å²) in [6.07, 6.45) is 4.54. The Labute approximate surface area is 209 Å². The zero-order valence-corrected chi connectivity index (χ0v) is 20.0. The predicted octanol–water partition coefficient (Wildman–Crippen LogP) is 8.62. The second kappa shape index (κ2) is 9.34. The van der Waals surface area contributed by atoms with Gasteiger partial charge in [-0.2, -0.15) is 0 Å². The fraction of sp³-hybridized carbons (Fsp3) is 0. The number of nitrogens with zero attached hydrogens (tertiary/aromatic N) is 2. The molecule has 0 unspecified atom stereocenters. The van der Waals surface area contributed by atoms with Gasteiger partial charge in [-0.1, -0.05) is 97.1 Å². The van der Waals surface area contributed by atoms with Crippen molar-refractivity contribution in [3.05, 3.63) is 155 Å². The van der Waals surface area contributed by atoms with Crippen molar-refractivity contribution in [3.63, 3.8) is 0 Å². The number of rotatable bonds is 4. The van der Waals surface area contributed by atoms with E-state index >= 15 is 0 Å². The summed E-state index contributed by atoms with van der Waals surface area (Å²) in [6, 6.07) is 42.5. The number of hydrogen-bond donors (Lipinski definition) is 0. The third-order valence-electron chi connectivity index (χ3n) is 5.76. The number of anilines is 2. The minimum Gasteiger partial charge on any atom is -0.287 e. The van der Waals surface area contributed by atoms with E-state index in [2.05, 4.69) is 142 Å². The van der Waals surface area contributed by atoms with Crippen molar-refractivity contribution in [2.75, 3.05) is 8.61 Å². The van der Waals surface area contributed by atoms with Gasteiger partial charge in [-0.3, -0.25) is 8.61 Å². The lowest BCUT2D eigenvalue weighted by Crippen LogP contribution is -2.01. The normalized spacial score (nSPS) is 17.6. The molecule has 0 N–H and O–H groups in total. The minimum atomic E-state index is 1.17. The Morgan fingerprint density at radius 2 is 0.706 bits per heavy atom. The monoisotopic (exact) mass is 474 g/mol. The zero-order valence-electron chi connectivity index (χ0n) is 18.4. The van der Waals surface area contributed by atoms with E-state index in [0.29, 0.717) is 0 Å². The van der Waals surface area contributed by atoms with Gasteiger partial charge in [0.25, 0.3) is 0 Å². The van der Waals surface area contributed by atoms with Gasteiger partial charge in [0.1, 0.15) is 0 Å². The quantitative estimate of drug-likeness (QED) is 0.273. The molecule has 0 atom stereocenters. The maximum Gasteiger partial charge on any atom is 0.0544 e. The molecule has 0 amide bonds. The van der Waals surface area contributed by atoms with Gasteiger partial charge >= 0.3 is 0 Å². The molecule has 0 radical (unpaired) electrons. The fourth-order valence-corrected chi connectivity index (χ4v) is 6.39. The Balaban J connectivity index is 1.50. The number of allylic oxidation sites excluding steroid dienone is 2. The van der Waals surface area contributed by atoms with E-state index < -0.39 is 0 Å². The summed E-state index contributed by atoms with van der Waals surface area (Å²) >= 11 is 3.58. The van der Waals surface area contributed by atoms with Gasteiger partial charge in [0, 0.05) is 23.5 Å². The molecular weight excluding hydrogens is 452 g/mol. The lowest BCUT2D eigenvalue weighted by molar-refractivity contribution is 1.46. The Morgan fingerprint density at radius 1 is 0.382 bits per heavy atom. The third kappa shape index (κ3) is 4.07. The number of benzene rings is 4. The molecule has 4 aromatic carbocycles. The molecule has 34 heavy (non-hydrogen) atoms. The molecule has 0 spiro atoms. The molecule has 4 aromatic rings. The first-order valence-electron chi connectivity index (χ1n) is 11.2. The average Bonchev–Trinajstić information content (AvgIpc) is 3.56. The standard InChI is InChI=1S/C30H22N2S2/c1-5-13-23(14-6-1)27-21-31(25-17-9-3-10-18-25)33-29(27)30-28(24-15-7-2-8-16-24)22-32(34-30)26-19-11-4-12-20-26/h1-22H/b30-29+. The van der Waals surface area contributed by atoms with Crippen LogP contribution in [0.2, 0.25) is 0 Å². The van der Waals surface area contributed by atoms with Crippen LogP contribution in [0.1, 0.15) is 11.1 Å². The van der Waals surface area contributed by atoms with Crippen molar-refractivity contribution in [1.82, 2.24) is 0 Å². The molecule has 2 heterocycles. The smallest absolute Gasteiger partial charge is 0.0544 e. The molecule has 0 fully saturated rings. The van der Waals surface area contributed by atoms with Crippen LogP contribution in [0.5, 0.6) is 0 Å². The van der Waals surface area contributed by atoms with E-state index in [-0.39, 0.29) is 0 Å². The van der Waals surface area contributed by atoms with Crippen molar-refractivity contribution in [2.24, 2.45) is 0 Å². The summed E-state index contributed by atoms with van der Waals surface area (Å²) < 4.78 is 4.55. The molecule has 2 aliphatic heterocycles. The lowest BCUT2D eigenvalue weighted by Gasteiger charge is -2.17. The summed E-state index contributed by atoms with van der Waals surface area (Å²) in [6.45, 7) is 0. The molecule has 0 saturated carbocycles. The van der Waals surface area contributed by atoms with Crippen LogP contribution in [0.3, 0.4) is 0 Å². The highest BCUT2D eigenvalue weighted by atomic mass is 32.2. The second-order valence-corrected chi connectivity index (χ2v) is 9.95. The van der Waals surface area contributed by atoms with E-state index in [9.17, 15) is 0 Å². The molecule has 164 valence electrons. The van der Waals surface area contributed by atoms with Crippen LogP contribution in [0.4, 0.5) is 11.4 Å². The Kier molecular flexibility index (Phi) is 5.76. The van der Waals surface area contributed by atoms with Crippen molar-refractivity contribution < 1.29 is 0 Å². The van der Waals surface area contributed by atoms with Crippen LogP contribution in [-0.4, -0.2) is 0 Å². The first kappa shape index (κ1) is 21.0. The summed E-state index contributed by atoms with van der Waals surface area (Å²) in [5, 5.41) is 0. The van der Waals surface area contributed by atoms with E-state index in [1.165, 1.54) is 43.5 Å².